The van der Waals surface area contributed by atoms with E-state index < -0.39 is 17.9 Å². The molecule has 7 nitrogen and oxygen atoms in total. The van der Waals surface area contributed by atoms with E-state index in [1.165, 1.54) is 13.2 Å². The summed E-state index contributed by atoms with van der Waals surface area (Å²) in [5.41, 5.74) is 0.367. The summed E-state index contributed by atoms with van der Waals surface area (Å²) in [5, 5.41) is 0. The first-order valence-corrected chi connectivity index (χ1v) is 7.63. The van der Waals surface area contributed by atoms with Gasteiger partial charge in [0.25, 0.3) is 0 Å². The maximum absolute atomic E-state index is 11.7. The van der Waals surface area contributed by atoms with E-state index in [-0.39, 0.29) is 25.2 Å². The minimum absolute atomic E-state index is 0.000623. The lowest BCUT2D eigenvalue weighted by atomic mass is 10.2. The molecular formula is C16H15BrO7. The zero-order valence-electron chi connectivity index (χ0n) is 12.8. The van der Waals surface area contributed by atoms with E-state index in [1.54, 1.807) is 12.1 Å². The number of benzene rings is 1. The van der Waals surface area contributed by atoms with Gasteiger partial charge in [0.2, 0.25) is 0 Å². The van der Waals surface area contributed by atoms with Gasteiger partial charge < -0.3 is 14.2 Å². The number of methoxy groups -OCH3 is 1. The highest BCUT2D eigenvalue weighted by Crippen LogP contribution is 2.21. The lowest BCUT2D eigenvalue weighted by Gasteiger charge is -2.06. The van der Waals surface area contributed by atoms with Gasteiger partial charge in [-0.15, -0.1) is 0 Å². The van der Waals surface area contributed by atoms with Crippen LogP contribution in [-0.4, -0.2) is 37.9 Å². The quantitative estimate of drug-likeness (QED) is 0.217. The molecule has 0 saturated heterocycles. The third kappa shape index (κ3) is 7.19. The Balaban J connectivity index is 2.32. The molecule has 128 valence electrons. The van der Waals surface area contributed by atoms with Crippen molar-refractivity contribution in [3.05, 3.63) is 40.4 Å². The first-order chi connectivity index (χ1) is 11.5. The van der Waals surface area contributed by atoms with Gasteiger partial charge in [-0.2, -0.15) is 0 Å². The van der Waals surface area contributed by atoms with E-state index in [9.17, 15) is 19.2 Å². The lowest BCUT2D eigenvalue weighted by molar-refractivity contribution is -0.140. The second-order valence-electron chi connectivity index (χ2n) is 4.40. The molecule has 0 aromatic heterocycles. The van der Waals surface area contributed by atoms with Crippen molar-refractivity contribution in [1.29, 1.82) is 0 Å². The van der Waals surface area contributed by atoms with Crippen molar-refractivity contribution in [3.8, 4) is 5.75 Å². The number of halogens is 1. The summed E-state index contributed by atoms with van der Waals surface area (Å²) in [7, 11) is 1.19. The monoisotopic (exact) mass is 398 g/mol. The third-order valence-electron chi connectivity index (χ3n) is 2.65. The number of ether oxygens (including phenoxy) is 3. The van der Waals surface area contributed by atoms with E-state index in [2.05, 4.69) is 20.7 Å². The number of aldehydes is 1. The molecule has 0 N–H and O–H groups in total. The molecule has 0 aliphatic carbocycles. The van der Waals surface area contributed by atoms with Crippen molar-refractivity contribution in [3.63, 3.8) is 0 Å². The second kappa shape index (κ2) is 10.3. The molecule has 0 saturated carbocycles. The minimum atomic E-state index is -0.711. The summed E-state index contributed by atoms with van der Waals surface area (Å²) in [6, 6.07) is 4.58. The van der Waals surface area contributed by atoms with Gasteiger partial charge >= 0.3 is 17.9 Å². The third-order valence-corrected chi connectivity index (χ3v) is 3.37. The van der Waals surface area contributed by atoms with Gasteiger partial charge in [-0.25, -0.2) is 9.59 Å². The smallest absolute Gasteiger partial charge is 0.331 e. The van der Waals surface area contributed by atoms with E-state index in [0.29, 0.717) is 16.3 Å². The van der Waals surface area contributed by atoms with Crippen molar-refractivity contribution in [2.75, 3.05) is 13.7 Å². The molecule has 0 amide bonds. The van der Waals surface area contributed by atoms with Crippen LogP contribution in [0.25, 0.3) is 0 Å². The van der Waals surface area contributed by atoms with Gasteiger partial charge in [-0.05, 0) is 24.6 Å². The van der Waals surface area contributed by atoms with Gasteiger partial charge in [0, 0.05) is 28.6 Å². The van der Waals surface area contributed by atoms with Crippen LogP contribution >= 0.6 is 15.9 Å². The van der Waals surface area contributed by atoms with Gasteiger partial charge in [0.1, 0.15) is 5.75 Å². The fourth-order valence-electron chi connectivity index (χ4n) is 1.50. The minimum Gasteiger partial charge on any atom is -0.466 e. The molecule has 0 radical (unpaired) electrons. The molecule has 0 aliphatic heterocycles. The lowest BCUT2D eigenvalue weighted by Crippen LogP contribution is -2.10. The van der Waals surface area contributed by atoms with Gasteiger partial charge in [-0.1, -0.05) is 15.9 Å². The molecule has 0 atom stereocenters. The molecule has 8 heteroatoms. The standard InChI is InChI=1S/C16H15BrO7/c1-22-14(19)6-7-15(20)23-8-2-3-16(21)24-12-4-5-13(17)11(9-12)10-18/h4-7,9-10H,2-3,8H2,1H3/b7-6-. The van der Waals surface area contributed by atoms with Crippen molar-refractivity contribution in [1.82, 2.24) is 0 Å². The average Bonchev–Trinajstić information content (AvgIpc) is 2.58. The van der Waals surface area contributed by atoms with Gasteiger partial charge in [0.05, 0.1) is 13.7 Å². The number of hydrogen-bond donors (Lipinski definition) is 0. The SMILES string of the molecule is COC(=O)/C=C\C(=O)OCCCC(=O)Oc1ccc(Br)c(C=O)c1. The summed E-state index contributed by atoms with van der Waals surface area (Å²) < 4.78 is 14.8. The number of esters is 3. The van der Waals surface area contributed by atoms with Crippen molar-refractivity contribution in [2.45, 2.75) is 12.8 Å². The van der Waals surface area contributed by atoms with E-state index in [1.807, 2.05) is 0 Å². The van der Waals surface area contributed by atoms with Crippen LogP contribution < -0.4 is 4.74 Å². The fraction of sp³-hybridized carbons (Fsp3) is 0.250. The zero-order chi connectivity index (χ0) is 17.9. The van der Waals surface area contributed by atoms with E-state index in [0.717, 1.165) is 12.2 Å². The molecule has 0 aliphatic rings. The van der Waals surface area contributed by atoms with Crippen molar-refractivity contribution >= 4 is 40.1 Å². The molecule has 1 rings (SSSR count). The molecule has 1 aromatic rings. The molecule has 1 aromatic carbocycles. The Morgan fingerprint density at radius 3 is 2.54 bits per heavy atom. The predicted octanol–water partition coefficient (Wildman–Crippen LogP) is 2.22. The van der Waals surface area contributed by atoms with Crippen LogP contribution in [0.4, 0.5) is 0 Å². The summed E-state index contributed by atoms with van der Waals surface area (Å²) in [6.45, 7) is -0.000623. The predicted molar refractivity (Wildman–Crippen MR) is 86.5 cm³/mol. The highest BCUT2D eigenvalue weighted by molar-refractivity contribution is 9.10. The van der Waals surface area contributed by atoms with Crippen LogP contribution in [0, 0.1) is 0 Å². The van der Waals surface area contributed by atoms with Crippen LogP contribution in [0.5, 0.6) is 5.75 Å². The van der Waals surface area contributed by atoms with Crippen molar-refractivity contribution in [2.24, 2.45) is 0 Å². The molecule has 0 bridgehead atoms. The Hall–Kier alpha value is -2.48. The van der Waals surface area contributed by atoms with E-state index in [4.69, 9.17) is 9.47 Å². The maximum atomic E-state index is 11.7. The fourth-order valence-corrected chi connectivity index (χ4v) is 1.84. The molecular weight excluding hydrogens is 384 g/mol. The summed E-state index contributed by atoms with van der Waals surface area (Å²) >= 11 is 3.19. The highest BCUT2D eigenvalue weighted by atomic mass is 79.9. The zero-order valence-corrected chi connectivity index (χ0v) is 14.4. The summed E-state index contributed by atoms with van der Waals surface area (Å²) in [6.07, 6.45) is 2.80. The number of carbonyl (C=O) groups excluding carboxylic acids is 4. The topological polar surface area (TPSA) is 96.0 Å². The van der Waals surface area contributed by atoms with Crippen molar-refractivity contribution < 1.29 is 33.4 Å². The largest absolute Gasteiger partial charge is 0.466 e. The van der Waals surface area contributed by atoms with Crippen LogP contribution in [0.15, 0.2) is 34.8 Å². The van der Waals surface area contributed by atoms with Crippen LogP contribution in [0.1, 0.15) is 23.2 Å². The Morgan fingerprint density at radius 2 is 1.88 bits per heavy atom. The summed E-state index contributed by atoms with van der Waals surface area (Å²) in [5.74, 6) is -1.64. The maximum Gasteiger partial charge on any atom is 0.331 e. The number of hydrogen-bond acceptors (Lipinski definition) is 7. The Morgan fingerprint density at radius 1 is 1.17 bits per heavy atom. The molecule has 0 fully saturated rings. The van der Waals surface area contributed by atoms with Crippen LogP contribution in [0.2, 0.25) is 0 Å². The van der Waals surface area contributed by atoms with Crippen LogP contribution in [0.3, 0.4) is 0 Å². The molecule has 0 unspecified atom stereocenters. The first kappa shape index (κ1) is 19.6. The van der Waals surface area contributed by atoms with Crippen LogP contribution in [-0.2, 0) is 23.9 Å². The highest BCUT2D eigenvalue weighted by Gasteiger charge is 2.08. The number of rotatable bonds is 8. The Kier molecular flexibility index (Phi) is 8.42. The average molecular weight is 399 g/mol. The number of carbonyl (C=O) groups is 4. The summed E-state index contributed by atoms with van der Waals surface area (Å²) in [4.78, 5) is 44.5. The van der Waals surface area contributed by atoms with Gasteiger partial charge in [-0.3, -0.25) is 9.59 Å². The van der Waals surface area contributed by atoms with Gasteiger partial charge in [0.15, 0.2) is 6.29 Å². The Bertz CT molecular complexity index is 652. The molecule has 0 heterocycles. The first-order valence-electron chi connectivity index (χ1n) is 6.84. The molecule has 24 heavy (non-hydrogen) atoms. The normalized spacial score (nSPS) is 10.2. The second-order valence-corrected chi connectivity index (χ2v) is 5.26. The Labute approximate surface area is 146 Å². The van der Waals surface area contributed by atoms with E-state index >= 15 is 0 Å². The molecule has 0 spiro atoms.